The summed E-state index contributed by atoms with van der Waals surface area (Å²) in [7, 11) is 0. The zero-order chi connectivity index (χ0) is 15.7. The van der Waals surface area contributed by atoms with E-state index in [0.717, 1.165) is 22.5 Å². The van der Waals surface area contributed by atoms with Gasteiger partial charge >= 0.3 is 0 Å². The van der Waals surface area contributed by atoms with Crippen LogP contribution in [0.15, 0.2) is 25.0 Å². The summed E-state index contributed by atoms with van der Waals surface area (Å²) in [5, 5.41) is 8.59. The topological polar surface area (TPSA) is 91.1 Å². The molecule has 3 rings (SSSR count). The summed E-state index contributed by atoms with van der Waals surface area (Å²) in [5.74, 6) is 5.92. The molecule has 0 atom stereocenters. The minimum atomic E-state index is -0.119. The Morgan fingerprint density at radius 3 is 3.05 bits per heavy atom. The van der Waals surface area contributed by atoms with Crippen molar-refractivity contribution in [3.8, 4) is 0 Å². The zero-order valence-corrected chi connectivity index (χ0v) is 12.4. The fraction of sp³-hybridized carbons (Fsp3) is 0.267. The normalized spacial score (nSPS) is 14.5. The number of nitrogens with zero attached hydrogens (tertiary/aromatic N) is 4. The predicted molar refractivity (Wildman–Crippen MR) is 83.9 cm³/mol. The van der Waals surface area contributed by atoms with Gasteiger partial charge in [-0.25, -0.2) is 5.84 Å². The molecule has 1 amide bonds. The molecule has 0 radical (unpaired) electrons. The van der Waals surface area contributed by atoms with Crippen molar-refractivity contribution < 1.29 is 4.79 Å². The van der Waals surface area contributed by atoms with Gasteiger partial charge < -0.3 is 9.91 Å². The van der Waals surface area contributed by atoms with Gasteiger partial charge in [-0.1, -0.05) is 6.58 Å². The molecule has 0 saturated heterocycles. The number of nitrogens with two attached hydrogens (primary N) is 1. The number of amides is 1. The van der Waals surface area contributed by atoms with Crippen molar-refractivity contribution >= 4 is 17.7 Å². The van der Waals surface area contributed by atoms with Crippen LogP contribution in [0.4, 0.5) is 5.69 Å². The SMILES string of the molecule is C=Cc1[nH]nc(C(=O)N2CCN(N)c3ccncc3C2)c1C. The molecule has 0 bridgehead atoms. The second-order valence-corrected chi connectivity index (χ2v) is 5.24. The Kier molecular flexibility index (Phi) is 3.64. The molecule has 3 N–H and O–H groups in total. The van der Waals surface area contributed by atoms with Crippen LogP contribution in [0.2, 0.25) is 0 Å². The molecule has 3 heterocycles. The summed E-state index contributed by atoms with van der Waals surface area (Å²) in [4.78, 5) is 18.6. The van der Waals surface area contributed by atoms with E-state index in [-0.39, 0.29) is 5.91 Å². The molecule has 0 unspecified atom stereocenters. The van der Waals surface area contributed by atoms with E-state index < -0.39 is 0 Å². The van der Waals surface area contributed by atoms with Crippen LogP contribution in [0, 0.1) is 6.92 Å². The molecular weight excluding hydrogens is 280 g/mol. The Bertz CT molecular complexity index is 723. The number of H-pyrrole nitrogens is 1. The van der Waals surface area contributed by atoms with Crippen molar-refractivity contribution in [3.63, 3.8) is 0 Å². The Balaban J connectivity index is 1.91. The highest BCUT2D eigenvalue weighted by molar-refractivity contribution is 5.94. The Labute approximate surface area is 128 Å². The van der Waals surface area contributed by atoms with Crippen LogP contribution < -0.4 is 10.9 Å². The number of nitrogens with one attached hydrogen (secondary N) is 1. The Morgan fingerprint density at radius 1 is 1.50 bits per heavy atom. The van der Waals surface area contributed by atoms with Gasteiger partial charge in [0.15, 0.2) is 5.69 Å². The highest BCUT2D eigenvalue weighted by Gasteiger charge is 2.25. The van der Waals surface area contributed by atoms with Gasteiger partial charge in [0.1, 0.15) is 0 Å². The van der Waals surface area contributed by atoms with E-state index in [9.17, 15) is 4.79 Å². The number of aromatic nitrogens is 3. The van der Waals surface area contributed by atoms with Gasteiger partial charge in [-0.05, 0) is 19.1 Å². The van der Waals surface area contributed by atoms with Crippen molar-refractivity contribution in [2.75, 3.05) is 18.1 Å². The first-order valence-electron chi connectivity index (χ1n) is 7.03. The lowest BCUT2D eigenvalue weighted by atomic mass is 10.1. The maximum absolute atomic E-state index is 12.7. The monoisotopic (exact) mass is 298 g/mol. The van der Waals surface area contributed by atoms with Crippen molar-refractivity contribution in [1.29, 1.82) is 0 Å². The lowest BCUT2D eigenvalue weighted by Gasteiger charge is -2.20. The summed E-state index contributed by atoms with van der Waals surface area (Å²) < 4.78 is 0. The van der Waals surface area contributed by atoms with Crippen LogP contribution in [0.3, 0.4) is 0 Å². The minimum absolute atomic E-state index is 0.119. The Hall–Kier alpha value is -2.67. The maximum atomic E-state index is 12.7. The number of fused-ring (bicyclic) bond motifs is 1. The van der Waals surface area contributed by atoms with Crippen molar-refractivity contribution in [1.82, 2.24) is 20.1 Å². The lowest BCUT2D eigenvalue weighted by Crippen LogP contribution is -2.38. The first-order chi connectivity index (χ1) is 10.6. The second-order valence-electron chi connectivity index (χ2n) is 5.24. The number of carbonyl (C=O) groups is 1. The largest absolute Gasteiger partial charge is 0.331 e. The molecule has 114 valence electrons. The predicted octanol–water partition coefficient (Wildman–Crippen LogP) is 1.09. The van der Waals surface area contributed by atoms with Crippen LogP contribution >= 0.6 is 0 Å². The summed E-state index contributed by atoms with van der Waals surface area (Å²) in [6, 6.07) is 1.86. The van der Waals surface area contributed by atoms with Gasteiger partial charge in [0.2, 0.25) is 0 Å². The van der Waals surface area contributed by atoms with E-state index in [1.165, 1.54) is 0 Å². The zero-order valence-electron chi connectivity index (χ0n) is 12.4. The van der Waals surface area contributed by atoms with Gasteiger partial charge in [0.25, 0.3) is 5.91 Å². The van der Waals surface area contributed by atoms with Crippen LogP contribution in [0.25, 0.3) is 6.08 Å². The fourth-order valence-corrected chi connectivity index (χ4v) is 2.60. The van der Waals surface area contributed by atoms with Gasteiger partial charge in [-0.15, -0.1) is 0 Å². The number of hydrogen-bond acceptors (Lipinski definition) is 5. The van der Waals surface area contributed by atoms with Gasteiger partial charge in [0.05, 0.1) is 17.9 Å². The summed E-state index contributed by atoms with van der Waals surface area (Å²) in [6.07, 6.45) is 5.10. The molecule has 0 fully saturated rings. The summed E-state index contributed by atoms with van der Waals surface area (Å²) in [5.41, 5.74) is 3.82. The molecule has 0 aromatic carbocycles. The minimum Gasteiger partial charge on any atom is -0.331 e. The van der Waals surface area contributed by atoms with E-state index in [0.29, 0.717) is 25.3 Å². The third-order valence-corrected chi connectivity index (χ3v) is 3.90. The molecule has 2 aromatic rings. The van der Waals surface area contributed by atoms with Crippen molar-refractivity contribution in [2.24, 2.45) is 5.84 Å². The third kappa shape index (κ3) is 2.35. The molecule has 7 heteroatoms. The third-order valence-electron chi connectivity index (χ3n) is 3.90. The van der Waals surface area contributed by atoms with E-state index in [2.05, 4.69) is 21.8 Å². The number of pyridine rings is 1. The lowest BCUT2D eigenvalue weighted by molar-refractivity contribution is 0.0744. The smallest absolute Gasteiger partial charge is 0.275 e. The maximum Gasteiger partial charge on any atom is 0.275 e. The fourth-order valence-electron chi connectivity index (χ4n) is 2.60. The van der Waals surface area contributed by atoms with Crippen LogP contribution in [-0.2, 0) is 6.54 Å². The molecule has 1 aliphatic heterocycles. The molecule has 1 aliphatic rings. The van der Waals surface area contributed by atoms with Crippen LogP contribution in [-0.4, -0.2) is 39.1 Å². The highest BCUT2D eigenvalue weighted by atomic mass is 16.2. The molecule has 0 spiro atoms. The molecular formula is C15H18N6O. The highest BCUT2D eigenvalue weighted by Crippen LogP contribution is 2.23. The van der Waals surface area contributed by atoms with Crippen molar-refractivity contribution in [3.05, 3.63) is 47.6 Å². The standard InChI is InChI=1S/C15H18N6O/c1-3-12-10(2)14(19-18-12)15(22)20-6-7-21(16)13-4-5-17-8-11(13)9-20/h3-5,8H,1,6-7,9,16H2,2H3,(H,18,19). The first kappa shape index (κ1) is 14.3. The van der Waals surface area contributed by atoms with Gasteiger partial charge in [0, 0.05) is 36.6 Å². The van der Waals surface area contributed by atoms with E-state index in [1.807, 2.05) is 13.0 Å². The molecule has 22 heavy (non-hydrogen) atoms. The van der Waals surface area contributed by atoms with Crippen LogP contribution in [0.5, 0.6) is 0 Å². The van der Waals surface area contributed by atoms with Gasteiger partial charge in [-0.3, -0.25) is 14.9 Å². The van der Waals surface area contributed by atoms with E-state index in [4.69, 9.17) is 5.84 Å². The number of hydrogen-bond donors (Lipinski definition) is 2. The van der Waals surface area contributed by atoms with E-state index in [1.54, 1.807) is 28.4 Å². The summed E-state index contributed by atoms with van der Waals surface area (Å²) >= 11 is 0. The molecule has 0 saturated carbocycles. The van der Waals surface area contributed by atoms with Crippen molar-refractivity contribution in [2.45, 2.75) is 13.5 Å². The second kappa shape index (κ2) is 5.61. The van der Waals surface area contributed by atoms with E-state index >= 15 is 0 Å². The Morgan fingerprint density at radius 2 is 2.32 bits per heavy atom. The average molecular weight is 298 g/mol. The quantitative estimate of drug-likeness (QED) is 0.810. The first-order valence-corrected chi connectivity index (χ1v) is 7.03. The molecule has 0 aliphatic carbocycles. The summed E-state index contributed by atoms with van der Waals surface area (Å²) in [6.45, 7) is 7.11. The number of hydrazine groups is 1. The molecule has 2 aromatic heterocycles. The number of anilines is 1. The number of aromatic amines is 1. The molecule has 7 nitrogen and oxygen atoms in total. The van der Waals surface area contributed by atoms with Gasteiger partial charge in [-0.2, -0.15) is 5.10 Å². The van der Waals surface area contributed by atoms with Crippen LogP contribution in [0.1, 0.15) is 27.3 Å². The number of carbonyl (C=O) groups excluding carboxylic acids is 1. The average Bonchev–Trinajstić information content (AvgIpc) is 2.82. The number of rotatable bonds is 2.